The molecular weight excluding hydrogens is 322 g/mol. The standard InChI is InChI=1S/C21H15N5/c1-14-20(21(26-25-14)17-6-9-23-10-7-17)16-4-2-15(3-5-16)19-8-11-24-13-18(19)12-22/h2-11,13H,1H3,(H,25,26). The summed E-state index contributed by atoms with van der Waals surface area (Å²) in [7, 11) is 0. The van der Waals surface area contributed by atoms with Crippen LogP contribution in [0.3, 0.4) is 0 Å². The van der Waals surface area contributed by atoms with Crippen LogP contribution < -0.4 is 0 Å². The molecule has 0 saturated carbocycles. The van der Waals surface area contributed by atoms with Gasteiger partial charge in [0.2, 0.25) is 0 Å². The summed E-state index contributed by atoms with van der Waals surface area (Å²) >= 11 is 0. The molecule has 0 aliphatic rings. The normalized spacial score (nSPS) is 10.5. The molecule has 0 spiro atoms. The zero-order valence-corrected chi connectivity index (χ0v) is 14.1. The zero-order valence-electron chi connectivity index (χ0n) is 14.1. The van der Waals surface area contributed by atoms with E-state index < -0.39 is 0 Å². The summed E-state index contributed by atoms with van der Waals surface area (Å²) in [5.74, 6) is 0. The van der Waals surface area contributed by atoms with Crippen molar-refractivity contribution in [1.29, 1.82) is 5.26 Å². The molecule has 0 aliphatic heterocycles. The minimum absolute atomic E-state index is 0.567. The van der Waals surface area contributed by atoms with Gasteiger partial charge in [-0.2, -0.15) is 10.4 Å². The molecule has 0 amide bonds. The van der Waals surface area contributed by atoms with Crippen molar-refractivity contribution < 1.29 is 0 Å². The highest BCUT2D eigenvalue weighted by Crippen LogP contribution is 2.34. The van der Waals surface area contributed by atoms with Gasteiger partial charge in [0.15, 0.2) is 0 Å². The second kappa shape index (κ2) is 6.61. The number of H-pyrrole nitrogens is 1. The van der Waals surface area contributed by atoms with Gasteiger partial charge in [-0.15, -0.1) is 0 Å². The van der Waals surface area contributed by atoms with Crippen LogP contribution in [-0.4, -0.2) is 20.2 Å². The van der Waals surface area contributed by atoms with Crippen molar-refractivity contribution in [2.45, 2.75) is 6.92 Å². The van der Waals surface area contributed by atoms with E-state index in [1.165, 1.54) is 0 Å². The monoisotopic (exact) mass is 337 g/mol. The molecule has 5 nitrogen and oxygen atoms in total. The Bertz CT molecular complexity index is 1090. The van der Waals surface area contributed by atoms with E-state index in [-0.39, 0.29) is 0 Å². The van der Waals surface area contributed by atoms with E-state index in [0.717, 1.165) is 39.2 Å². The molecule has 3 heterocycles. The fraction of sp³-hybridized carbons (Fsp3) is 0.0476. The molecule has 0 unspecified atom stereocenters. The predicted molar refractivity (Wildman–Crippen MR) is 99.9 cm³/mol. The van der Waals surface area contributed by atoms with Crippen molar-refractivity contribution in [1.82, 2.24) is 20.2 Å². The molecule has 3 aromatic heterocycles. The number of benzene rings is 1. The Balaban J connectivity index is 1.78. The minimum Gasteiger partial charge on any atom is -0.282 e. The molecule has 0 atom stereocenters. The van der Waals surface area contributed by atoms with Crippen molar-refractivity contribution in [3.8, 4) is 39.6 Å². The van der Waals surface area contributed by atoms with Crippen LogP contribution in [0.1, 0.15) is 11.3 Å². The summed E-state index contributed by atoms with van der Waals surface area (Å²) in [6.45, 7) is 2.01. The first-order chi connectivity index (χ1) is 12.8. The molecule has 26 heavy (non-hydrogen) atoms. The highest BCUT2D eigenvalue weighted by Gasteiger charge is 2.14. The maximum Gasteiger partial charge on any atom is 0.101 e. The van der Waals surface area contributed by atoms with Crippen molar-refractivity contribution in [3.63, 3.8) is 0 Å². The van der Waals surface area contributed by atoms with Gasteiger partial charge in [0.1, 0.15) is 11.8 Å². The van der Waals surface area contributed by atoms with Crippen molar-refractivity contribution >= 4 is 0 Å². The second-order valence-corrected chi connectivity index (χ2v) is 5.92. The number of nitrogens with one attached hydrogen (secondary N) is 1. The van der Waals surface area contributed by atoms with Crippen LogP contribution in [0.2, 0.25) is 0 Å². The summed E-state index contributed by atoms with van der Waals surface area (Å²) in [6, 6.07) is 16.1. The van der Waals surface area contributed by atoms with E-state index >= 15 is 0 Å². The Morgan fingerprint density at radius 3 is 2.27 bits per heavy atom. The second-order valence-electron chi connectivity index (χ2n) is 5.92. The lowest BCUT2D eigenvalue weighted by molar-refractivity contribution is 1.05. The van der Waals surface area contributed by atoms with E-state index in [1.54, 1.807) is 24.8 Å². The SMILES string of the molecule is Cc1[nH]nc(-c2ccncc2)c1-c1ccc(-c2ccncc2C#N)cc1. The molecule has 0 saturated heterocycles. The fourth-order valence-electron chi connectivity index (χ4n) is 3.05. The summed E-state index contributed by atoms with van der Waals surface area (Å²) in [6.07, 6.45) is 6.81. The third kappa shape index (κ3) is 2.74. The first-order valence-corrected chi connectivity index (χ1v) is 8.18. The molecule has 4 aromatic rings. The lowest BCUT2D eigenvalue weighted by atomic mass is 9.96. The van der Waals surface area contributed by atoms with Gasteiger partial charge in [0.05, 0.1) is 5.56 Å². The molecule has 124 valence electrons. The van der Waals surface area contributed by atoms with E-state index in [1.807, 2.05) is 37.3 Å². The predicted octanol–water partition coefficient (Wildman–Crippen LogP) is 4.38. The topological polar surface area (TPSA) is 78.2 Å². The quantitative estimate of drug-likeness (QED) is 0.602. The van der Waals surface area contributed by atoms with Crippen LogP contribution >= 0.6 is 0 Å². The number of pyridine rings is 2. The number of rotatable bonds is 3. The van der Waals surface area contributed by atoms with E-state index in [9.17, 15) is 5.26 Å². The summed E-state index contributed by atoms with van der Waals surface area (Å²) < 4.78 is 0. The Kier molecular flexibility index (Phi) is 4.00. The third-order valence-electron chi connectivity index (χ3n) is 4.33. The van der Waals surface area contributed by atoms with Gasteiger partial charge in [-0.3, -0.25) is 15.1 Å². The average Bonchev–Trinajstić information content (AvgIpc) is 3.10. The maximum absolute atomic E-state index is 9.28. The number of aromatic amines is 1. The number of nitrogens with zero attached hydrogens (tertiary/aromatic N) is 4. The molecule has 1 aromatic carbocycles. The average molecular weight is 337 g/mol. The van der Waals surface area contributed by atoms with Gasteiger partial charge in [0.25, 0.3) is 0 Å². The number of nitriles is 1. The Morgan fingerprint density at radius 1 is 0.846 bits per heavy atom. The maximum atomic E-state index is 9.28. The first-order valence-electron chi connectivity index (χ1n) is 8.18. The van der Waals surface area contributed by atoms with Gasteiger partial charge in [0, 0.05) is 47.2 Å². The molecule has 4 rings (SSSR count). The van der Waals surface area contributed by atoms with Gasteiger partial charge in [-0.05, 0) is 36.2 Å². The summed E-state index contributed by atoms with van der Waals surface area (Å²) in [4.78, 5) is 8.09. The van der Waals surface area contributed by atoms with Crippen LogP contribution in [0.5, 0.6) is 0 Å². The van der Waals surface area contributed by atoms with Crippen molar-refractivity contribution in [3.05, 3.63) is 78.5 Å². The number of hydrogen-bond acceptors (Lipinski definition) is 4. The van der Waals surface area contributed by atoms with Crippen LogP contribution in [0.4, 0.5) is 0 Å². The van der Waals surface area contributed by atoms with E-state index in [0.29, 0.717) is 5.56 Å². The molecule has 0 radical (unpaired) electrons. The number of aryl methyl sites for hydroxylation is 1. The third-order valence-corrected chi connectivity index (χ3v) is 4.33. The highest BCUT2D eigenvalue weighted by molar-refractivity contribution is 5.83. The Labute approximate surface area is 151 Å². The molecule has 0 bridgehead atoms. The molecule has 0 aliphatic carbocycles. The van der Waals surface area contributed by atoms with E-state index in [2.05, 4.69) is 38.4 Å². The summed E-state index contributed by atoms with van der Waals surface area (Å²) in [5.41, 5.74) is 7.50. The molecule has 0 fully saturated rings. The van der Waals surface area contributed by atoms with Crippen molar-refractivity contribution in [2.24, 2.45) is 0 Å². The number of hydrogen-bond donors (Lipinski definition) is 1. The largest absolute Gasteiger partial charge is 0.282 e. The Morgan fingerprint density at radius 2 is 1.54 bits per heavy atom. The van der Waals surface area contributed by atoms with Gasteiger partial charge in [-0.25, -0.2) is 0 Å². The fourth-order valence-corrected chi connectivity index (χ4v) is 3.05. The zero-order chi connectivity index (χ0) is 17.9. The molecular formula is C21H15N5. The summed E-state index contributed by atoms with van der Waals surface area (Å²) in [5, 5.41) is 16.8. The van der Waals surface area contributed by atoms with Crippen LogP contribution in [0.15, 0.2) is 67.3 Å². The molecule has 5 heteroatoms. The first kappa shape index (κ1) is 15.7. The number of aromatic nitrogens is 4. The molecule has 1 N–H and O–H groups in total. The highest BCUT2D eigenvalue weighted by atomic mass is 15.1. The lowest BCUT2D eigenvalue weighted by Gasteiger charge is -2.07. The van der Waals surface area contributed by atoms with Crippen LogP contribution in [0.25, 0.3) is 33.5 Å². The Hall–Kier alpha value is -3.78. The van der Waals surface area contributed by atoms with Gasteiger partial charge < -0.3 is 0 Å². The van der Waals surface area contributed by atoms with Crippen molar-refractivity contribution in [2.75, 3.05) is 0 Å². The lowest BCUT2D eigenvalue weighted by Crippen LogP contribution is -1.88. The van der Waals surface area contributed by atoms with Gasteiger partial charge >= 0.3 is 0 Å². The smallest absolute Gasteiger partial charge is 0.101 e. The van der Waals surface area contributed by atoms with Crippen LogP contribution in [-0.2, 0) is 0 Å². The van der Waals surface area contributed by atoms with Gasteiger partial charge in [-0.1, -0.05) is 24.3 Å². The van der Waals surface area contributed by atoms with E-state index in [4.69, 9.17) is 0 Å². The minimum atomic E-state index is 0.567. The van der Waals surface area contributed by atoms with Crippen LogP contribution in [0, 0.1) is 18.3 Å².